The normalized spacial score (nSPS) is 10.5. The van der Waals surface area contributed by atoms with E-state index in [9.17, 15) is 4.79 Å². The van der Waals surface area contributed by atoms with Crippen molar-refractivity contribution >= 4 is 17.7 Å². The van der Waals surface area contributed by atoms with Gasteiger partial charge in [0.05, 0.1) is 10.6 Å². The highest BCUT2D eigenvalue weighted by Crippen LogP contribution is 2.28. The molecule has 0 bridgehead atoms. The standard InChI is InChI=1S/C11H18N2OS/c1-7-9(10(14)12(3)4)8(2)13(5)11(7)15-6/h1-6H3. The Balaban J connectivity index is 3.37. The number of rotatable bonds is 2. The SMILES string of the molecule is CSc1c(C)c(C(=O)N(C)C)c(C)n1C. The Hall–Kier alpha value is -0.900. The second-order valence-corrected chi connectivity index (χ2v) is 4.65. The highest BCUT2D eigenvalue weighted by molar-refractivity contribution is 7.98. The van der Waals surface area contributed by atoms with Gasteiger partial charge in [0.15, 0.2) is 0 Å². The summed E-state index contributed by atoms with van der Waals surface area (Å²) < 4.78 is 2.08. The topological polar surface area (TPSA) is 25.2 Å². The molecule has 0 aliphatic heterocycles. The van der Waals surface area contributed by atoms with Crippen molar-refractivity contribution in [3.05, 3.63) is 16.8 Å². The third-order valence-electron chi connectivity index (χ3n) is 2.68. The van der Waals surface area contributed by atoms with Gasteiger partial charge >= 0.3 is 0 Å². The Bertz CT molecular complexity index is 394. The lowest BCUT2D eigenvalue weighted by molar-refractivity contribution is 0.0826. The van der Waals surface area contributed by atoms with E-state index in [4.69, 9.17) is 0 Å². The van der Waals surface area contributed by atoms with Crippen LogP contribution in [-0.4, -0.2) is 35.7 Å². The molecule has 1 rings (SSSR count). The molecule has 4 heteroatoms. The minimum Gasteiger partial charge on any atom is -0.345 e. The molecule has 0 aliphatic rings. The van der Waals surface area contributed by atoms with Crippen LogP contribution in [0.15, 0.2) is 5.03 Å². The Kier molecular flexibility index (Phi) is 3.50. The van der Waals surface area contributed by atoms with E-state index >= 15 is 0 Å². The second kappa shape index (κ2) is 4.31. The van der Waals surface area contributed by atoms with Gasteiger partial charge in [-0.05, 0) is 25.7 Å². The highest BCUT2D eigenvalue weighted by atomic mass is 32.2. The molecular formula is C11H18N2OS. The van der Waals surface area contributed by atoms with Gasteiger partial charge in [-0.15, -0.1) is 11.8 Å². The van der Waals surface area contributed by atoms with Gasteiger partial charge in [0, 0.05) is 26.8 Å². The molecule has 0 saturated heterocycles. The quantitative estimate of drug-likeness (QED) is 0.721. The van der Waals surface area contributed by atoms with Crippen LogP contribution in [-0.2, 0) is 7.05 Å². The van der Waals surface area contributed by atoms with Gasteiger partial charge in [-0.1, -0.05) is 0 Å². The Morgan fingerprint density at radius 3 is 2.20 bits per heavy atom. The monoisotopic (exact) mass is 226 g/mol. The van der Waals surface area contributed by atoms with Crippen molar-refractivity contribution in [1.82, 2.24) is 9.47 Å². The maximum Gasteiger partial charge on any atom is 0.255 e. The lowest BCUT2D eigenvalue weighted by Crippen LogP contribution is -2.22. The molecule has 0 spiro atoms. The summed E-state index contributed by atoms with van der Waals surface area (Å²) in [5.74, 6) is 0.0842. The fourth-order valence-corrected chi connectivity index (χ4v) is 2.60. The third-order valence-corrected chi connectivity index (χ3v) is 3.65. The number of nitrogens with zero attached hydrogens (tertiary/aromatic N) is 2. The van der Waals surface area contributed by atoms with Crippen molar-refractivity contribution in [3.63, 3.8) is 0 Å². The summed E-state index contributed by atoms with van der Waals surface area (Å²) in [6, 6.07) is 0. The number of carbonyl (C=O) groups excluding carboxylic acids is 1. The van der Waals surface area contributed by atoms with Crippen molar-refractivity contribution < 1.29 is 4.79 Å². The highest BCUT2D eigenvalue weighted by Gasteiger charge is 2.21. The zero-order valence-corrected chi connectivity index (χ0v) is 11.0. The number of aromatic nitrogens is 1. The molecule has 0 fully saturated rings. The third kappa shape index (κ3) is 1.91. The fraction of sp³-hybridized carbons (Fsp3) is 0.545. The molecule has 0 N–H and O–H groups in total. The van der Waals surface area contributed by atoms with Crippen molar-refractivity contribution in [2.24, 2.45) is 7.05 Å². The van der Waals surface area contributed by atoms with Crippen molar-refractivity contribution in [2.75, 3.05) is 20.4 Å². The number of carbonyl (C=O) groups is 1. The molecular weight excluding hydrogens is 208 g/mol. The smallest absolute Gasteiger partial charge is 0.255 e. The van der Waals surface area contributed by atoms with Gasteiger partial charge in [-0.25, -0.2) is 0 Å². The summed E-state index contributed by atoms with van der Waals surface area (Å²) in [5.41, 5.74) is 2.96. The second-order valence-electron chi connectivity index (χ2n) is 3.85. The van der Waals surface area contributed by atoms with E-state index < -0.39 is 0 Å². The molecule has 1 aromatic rings. The minimum absolute atomic E-state index is 0.0842. The summed E-state index contributed by atoms with van der Waals surface area (Å²) in [6.07, 6.45) is 2.03. The number of hydrogen-bond donors (Lipinski definition) is 0. The lowest BCUT2D eigenvalue weighted by Gasteiger charge is -2.10. The van der Waals surface area contributed by atoms with Crippen LogP contribution in [0.4, 0.5) is 0 Å². The summed E-state index contributed by atoms with van der Waals surface area (Å²) in [4.78, 5) is 13.6. The van der Waals surface area contributed by atoms with Gasteiger partial charge < -0.3 is 9.47 Å². The Morgan fingerprint density at radius 1 is 1.33 bits per heavy atom. The molecule has 3 nitrogen and oxygen atoms in total. The van der Waals surface area contributed by atoms with E-state index in [1.165, 1.54) is 0 Å². The predicted octanol–water partition coefficient (Wildman–Crippen LogP) is 2.07. The maximum absolute atomic E-state index is 12.0. The number of amides is 1. The fourth-order valence-electron chi connectivity index (χ4n) is 1.78. The maximum atomic E-state index is 12.0. The zero-order valence-electron chi connectivity index (χ0n) is 10.2. The van der Waals surface area contributed by atoms with Crippen LogP contribution in [0.3, 0.4) is 0 Å². The molecule has 0 saturated carbocycles. The van der Waals surface area contributed by atoms with Gasteiger partial charge in [-0.2, -0.15) is 0 Å². The van der Waals surface area contributed by atoms with E-state index in [1.54, 1.807) is 30.8 Å². The molecule has 0 unspecified atom stereocenters. The van der Waals surface area contributed by atoms with Gasteiger partial charge in [-0.3, -0.25) is 4.79 Å². The molecule has 0 atom stereocenters. The van der Waals surface area contributed by atoms with Crippen LogP contribution in [0.2, 0.25) is 0 Å². The van der Waals surface area contributed by atoms with Gasteiger partial charge in [0.1, 0.15) is 0 Å². The molecule has 1 aromatic heterocycles. The predicted molar refractivity (Wildman–Crippen MR) is 64.7 cm³/mol. The zero-order chi connectivity index (χ0) is 11.7. The van der Waals surface area contributed by atoms with Crippen LogP contribution in [0.1, 0.15) is 21.6 Å². The largest absolute Gasteiger partial charge is 0.345 e. The molecule has 1 heterocycles. The molecule has 84 valence electrons. The van der Waals surface area contributed by atoms with E-state index in [0.717, 1.165) is 21.8 Å². The first-order valence-corrected chi connectivity index (χ1v) is 6.05. The Labute approximate surface area is 95.4 Å². The van der Waals surface area contributed by atoms with Gasteiger partial charge in [0.25, 0.3) is 5.91 Å². The van der Waals surface area contributed by atoms with E-state index in [0.29, 0.717) is 0 Å². The minimum atomic E-state index is 0.0842. The molecule has 1 amide bonds. The summed E-state index contributed by atoms with van der Waals surface area (Å²) >= 11 is 1.68. The molecule has 0 aliphatic carbocycles. The van der Waals surface area contributed by atoms with E-state index in [-0.39, 0.29) is 5.91 Å². The molecule has 0 radical (unpaired) electrons. The average molecular weight is 226 g/mol. The molecule has 15 heavy (non-hydrogen) atoms. The van der Waals surface area contributed by atoms with Crippen LogP contribution in [0.25, 0.3) is 0 Å². The summed E-state index contributed by atoms with van der Waals surface area (Å²) in [7, 11) is 5.57. The first-order chi connectivity index (χ1) is 6.91. The first kappa shape index (κ1) is 12.2. The summed E-state index contributed by atoms with van der Waals surface area (Å²) in [5, 5.41) is 1.16. The Morgan fingerprint density at radius 2 is 1.87 bits per heavy atom. The van der Waals surface area contributed by atoms with Crippen molar-refractivity contribution in [3.8, 4) is 0 Å². The van der Waals surface area contributed by atoms with Crippen molar-refractivity contribution in [2.45, 2.75) is 18.9 Å². The summed E-state index contributed by atoms with van der Waals surface area (Å²) in [6.45, 7) is 4.00. The van der Waals surface area contributed by atoms with Gasteiger partial charge in [0.2, 0.25) is 0 Å². The van der Waals surface area contributed by atoms with Crippen molar-refractivity contribution in [1.29, 1.82) is 0 Å². The lowest BCUT2D eigenvalue weighted by atomic mass is 10.1. The van der Waals surface area contributed by atoms with E-state index in [1.807, 2.05) is 27.2 Å². The van der Waals surface area contributed by atoms with Crippen LogP contribution < -0.4 is 0 Å². The van der Waals surface area contributed by atoms with Crippen LogP contribution >= 0.6 is 11.8 Å². The van der Waals surface area contributed by atoms with Crippen LogP contribution in [0.5, 0.6) is 0 Å². The average Bonchev–Trinajstić information content (AvgIpc) is 2.37. The molecule has 0 aromatic carbocycles. The van der Waals surface area contributed by atoms with Crippen LogP contribution in [0, 0.1) is 13.8 Å². The number of hydrogen-bond acceptors (Lipinski definition) is 2. The first-order valence-electron chi connectivity index (χ1n) is 4.83. The number of thioether (sulfide) groups is 1. The van der Waals surface area contributed by atoms with E-state index in [2.05, 4.69) is 4.57 Å².